The first kappa shape index (κ1) is 40.0. The van der Waals surface area contributed by atoms with E-state index in [1.807, 2.05) is 0 Å². The van der Waals surface area contributed by atoms with E-state index in [1.54, 1.807) is 57.0 Å². The fourth-order valence-electron chi connectivity index (χ4n) is 9.01. The minimum absolute atomic E-state index is 0.00629. The minimum Gasteiger partial charge on any atom is -0.460 e. The summed E-state index contributed by atoms with van der Waals surface area (Å²) in [5, 5.41) is 6.46. The molecule has 3 atom stereocenters. The van der Waals surface area contributed by atoms with Crippen molar-refractivity contribution in [2.45, 2.75) is 115 Å². The van der Waals surface area contributed by atoms with Crippen LogP contribution in [0.4, 0.5) is 14.9 Å². The molecule has 0 bridgehead atoms. The molecule has 0 spiro atoms. The highest BCUT2D eigenvalue weighted by molar-refractivity contribution is 6.00. The molecular formula is C41H58FN3O9. The molecule has 298 valence electrons. The first-order valence-electron chi connectivity index (χ1n) is 19.9. The zero-order chi connectivity index (χ0) is 38.4. The third kappa shape index (κ3) is 9.93. The number of methoxy groups -OCH3 is 1. The molecule has 3 heterocycles. The number of furan rings is 1. The van der Waals surface area contributed by atoms with Crippen molar-refractivity contribution in [2.24, 2.45) is 29.6 Å². The van der Waals surface area contributed by atoms with E-state index in [0.717, 1.165) is 44.9 Å². The standard InChI is InChI=1S/C41H58FN3O9/c1-41(2,3)54-40(49)44-33(23-42)27-5-7-28(8-6-27)38(47)45-18-15-32(26-9-12-31(50-4)13-10-26)36(45)37(46)43-30-11-14-34-29(21-30)22-35(53-34)39(48)52-24-25-16-19-51-20-17-25/h11,14,21-22,25-28,31-33,36H,5-10,12-13,15-20,23-24H2,1-4H3,(H,43,46)(H,44,49)/t26?,27?,28?,31?,32-,33+,36-/m0/s1. The van der Waals surface area contributed by atoms with E-state index in [1.165, 1.54) is 0 Å². The van der Waals surface area contributed by atoms with Gasteiger partial charge in [-0.2, -0.15) is 0 Å². The van der Waals surface area contributed by atoms with Crippen LogP contribution in [0.2, 0.25) is 0 Å². The van der Waals surface area contributed by atoms with E-state index in [-0.39, 0.29) is 53.3 Å². The molecule has 12 nitrogen and oxygen atoms in total. The van der Waals surface area contributed by atoms with E-state index in [9.17, 15) is 23.6 Å². The maximum absolute atomic E-state index is 14.3. The molecule has 0 unspecified atom stereocenters. The molecule has 2 aliphatic heterocycles. The summed E-state index contributed by atoms with van der Waals surface area (Å²) in [4.78, 5) is 55.6. The van der Waals surface area contributed by atoms with Gasteiger partial charge in [0.25, 0.3) is 0 Å². The lowest BCUT2D eigenvalue weighted by molar-refractivity contribution is -0.142. The number of alkyl halides is 1. The van der Waals surface area contributed by atoms with Gasteiger partial charge in [-0.05, 0) is 139 Å². The third-order valence-electron chi connectivity index (χ3n) is 12.0. The SMILES string of the molecule is COC1CCC([C@@H]2CCN(C(=O)C3CCC([C@@H](CF)NC(=O)OC(C)(C)C)CC3)[C@@H]2C(=O)Nc2ccc3oc(C(=O)OCC4CCOCC4)cc3c2)CC1. The number of nitrogens with zero attached hydrogens (tertiary/aromatic N) is 1. The Morgan fingerprint density at radius 3 is 2.33 bits per heavy atom. The number of amides is 3. The number of likely N-dealkylation sites (tertiary alicyclic amines) is 1. The van der Waals surface area contributed by atoms with Crippen LogP contribution in [-0.4, -0.2) is 92.7 Å². The van der Waals surface area contributed by atoms with Crippen molar-refractivity contribution < 1.29 is 46.9 Å². The molecule has 2 aromatic rings. The Morgan fingerprint density at radius 2 is 1.67 bits per heavy atom. The Morgan fingerprint density at radius 1 is 0.944 bits per heavy atom. The quantitative estimate of drug-likeness (QED) is 0.231. The minimum atomic E-state index is -0.712. The maximum atomic E-state index is 14.3. The Bertz CT molecular complexity index is 1600. The highest BCUT2D eigenvalue weighted by Crippen LogP contribution is 2.42. The average Bonchev–Trinajstić information content (AvgIpc) is 3.81. The molecule has 2 N–H and O–H groups in total. The van der Waals surface area contributed by atoms with Gasteiger partial charge in [0, 0.05) is 43.9 Å². The predicted molar refractivity (Wildman–Crippen MR) is 200 cm³/mol. The van der Waals surface area contributed by atoms with Crippen LogP contribution in [0.15, 0.2) is 28.7 Å². The molecular weight excluding hydrogens is 697 g/mol. The summed E-state index contributed by atoms with van der Waals surface area (Å²) in [5.41, 5.74) is 0.361. The summed E-state index contributed by atoms with van der Waals surface area (Å²) in [7, 11) is 1.74. The van der Waals surface area contributed by atoms with Crippen LogP contribution in [0.1, 0.15) is 102 Å². The first-order valence-corrected chi connectivity index (χ1v) is 19.9. The van der Waals surface area contributed by atoms with Gasteiger partial charge in [-0.25, -0.2) is 14.0 Å². The van der Waals surface area contributed by atoms with Crippen molar-refractivity contribution in [1.29, 1.82) is 0 Å². The van der Waals surface area contributed by atoms with Gasteiger partial charge in [0.15, 0.2) is 0 Å². The number of hydrogen-bond acceptors (Lipinski definition) is 9. The number of nitrogens with one attached hydrogen (secondary N) is 2. The van der Waals surface area contributed by atoms with Gasteiger partial charge in [0.05, 0.1) is 18.8 Å². The van der Waals surface area contributed by atoms with Crippen LogP contribution < -0.4 is 10.6 Å². The molecule has 0 radical (unpaired) electrons. The van der Waals surface area contributed by atoms with Crippen molar-refractivity contribution in [3.8, 4) is 0 Å². The van der Waals surface area contributed by atoms with E-state index < -0.39 is 36.4 Å². The summed E-state index contributed by atoms with van der Waals surface area (Å²) < 4.78 is 41.8. The Labute approximate surface area is 317 Å². The number of carbonyl (C=O) groups is 4. The summed E-state index contributed by atoms with van der Waals surface area (Å²) in [6.45, 7) is 6.73. The van der Waals surface area contributed by atoms with E-state index in [0.29, 0.717) is 68.7 Å². The molecule has 2 saturated heterocycles. The molecule has 3 amide bonds. The topological polar surface area (TPSA) is 146 Å². The molecule has 2 aliphatic carbocycles. The number of alkyl carbamates (subject to hydrolysis) is 1. The number of rotatable bonds is 11. The highest BCUT2D eigenvalue weighted by Gasteiger charge is 2.47. The van der Waals surface area contributed by atoms with Crippen molar-refractivity contribution in [1.82, 2.24) is 10.2 Å². The lowest BCUT2D eigenvalue weighted by Crippen LogP contribution is -2.50. The number of ether oxygens (including phenoxy) is 4. The van der Waals surface area contributed by atoms with E-state index >= 15 is 0 Å². The lowest BCUT2D eigenvalue weighted by Gasteiger charge is -2.38. The van der Waals surface area contributed by atoms with Gasteiger partial charge in [-0.15, -0.1) is 0 Å². The normalized spacial score (nSPS) is 27.3. The number of halogens is 1. The van der Waals surface area contributed by atoms with Crippen LogP contribution in [0.5, 0.6) is 0 Å². The fraction of sp³-hybridized carbons (Fsp3) is 0.707. The number of hydrogen-bond donors (Lipinski definition) is 2. The largest absolute Gasteiger partial charge is 0.460 e. The van der Waals surface area contributed by atoms with E-state index in [4.69, 9.17) is 23.4 Å². The molecule has 2 saturated carbocycles. The molecule has 6 rings (SSSR count). The Kier molecular flexibility index (Phi) is 13.2. The van der Waals surface area contributed by atoms with Gasteiger partial charge in [-0.1, -0.05) is 0 Å². The monoisotopic (exact) mass is 755 g/mol. The first-order chi connectivity index (χ1) is 25.9. The Hall–Kier alpha value is -3.71. The number of esters is 1. The molecule has 1 aromatic heterocycles. The van der Waals surface area contributed by atoms with Gasteiger partial charge in [0.2, 0.25) is 17.6 Å². The average molecular weight is 756 g/mol. The van der Waals surface area contributed by atoms with E-state index in [2.05, 4.69) is 10.6 Å². The zero-order valence-corrected chi connectivity index (χ0v) is 32.2. The summed E-state index contributed by atoms with van der Waals surface area (Å²) in [5.74, 6) is -0.516. The van der Waals surface area contributed by atoms with Crippen LogP contribution in [0.3, 0.4) is 0 Å². The molecule has 13 heteroatoms. The van der Waals surface area contributed by atoms with Crippen molar-refractivity contribution >= 4 is 40.5 Å². The van der Waals surface area contributed by atoms with Crippen LogP contribution in [-0.2, 0) is 28.5 Å². The highest BCUT2D eigenvalue weighted by atomic mass is 19.1. The van der Waals surface area contributed by atoms with Crippen molar-refractivity contribution in [3.05, 3.63) is 30.0 Å². The second kappa shape index (κ2) is 17.8. The lowest BCUT2D eigenvalue weighted by atomic mass is 9.75. The van der Waals surface area contributed by atoms with Crippen LogP contribution >= 0.6 is 0 Å². The molecule has 1 aromatic carbocycles. The summed E-state index contributed by atoms with van der Waals surface area (Å²) in [6, 6.07) is 5.56. The maximum Gasteiger partial charge on any atom is 0.407 e. The van der Waals surface area contributed by atoms with Gasteiger partial charge in [-0.3, -0.25) is 9.59 Å². The van der Waals surface area contributed by atoms with Crippen LogP contribution in [0, 0.1) is 29.6 Å². The fourth-order valence-corrected chi connectivity index (χ4v) is 9.01. The summed E-state index contributed by atoms with van der Waals surface area (Å²) >= 11 is 0. The second-order valence-electron chi connectivity index (χ2n) is 16.7. The third-order valence-corrected chi connectivity index (χ3v) is 12.0. The number of carbonyl (C=O) groups excluding carboxylic acids is 4. The van der Waals surface area contributed by atoms with Gasteiger partial charge >= 0.3 is 12.1 Å². The Balaban J connectivity index is 1.12. The van der Waals surface area contributed by atoms with Gasteiger partial charge < -0.3 is 38.9 Å². The molecule has 4 aliphatic rings. The van der Waals surface area contributed by atoms with Gasteiger partial charge in [0.1, 0.15) is 23.9 Å². The van der Waals surface area contributed by atoms with Crippen molar-refractivity contribution in [2.75, 3.05) is 45.5 Å². The zero-order valence-electron chi connectivity index (χ0n) is 32.2. The smallest absolute Gasteiger partial charge is 0.407 e. The molecule has 4 fully saturated rings. The molecule has 54 heavy (non-hydrogen) atoms. The number of benzene rings is 1. The predicted octanol–water partition coefficient (Wildman–Crippen LogP) is 7.05. The number of anilines is 1. The van der Waals surface area contributed by atoms with Crippen LogP contribution in [0.25, 0.3) is 11.0 Å². The number of fused-ring (bicyclic) bond motifs is 1. The van der Waals surface area contributed by atoms with Crippen molar-refractivity contribution in [3.63, 3.8) is 0 Å². The summed E-state index contributed by atoms with van der Waals surface area (Å²) in [6.07, 6.45) is 8.03. The second-order valence-corrected chi connectivity index (χ2v) is 16.7.